The van der Waals surface area contributed by atoms with Gasteiger partial charge in [-0.05, 0) is 49.3 Å². The number of hydrogen-bond acceptors (Lipinski definition) is 3. The summed E-state index contributed by atoms with van der Waals surface area (Å²) in [5.41, 5.74) is 2.56. The van der Waals surface area contributed by atoms with Gasteiger partial charge in [0, 0.05) is 31.9 Å². The van der Waals surface area contributed by atoms with Crippen molar-refractivity contribution in [1.82, 2.24) is 19.7 Å². The minimum absolute atomic E-state index is 0.0503. The topological polar surface area (TPSA) is 63.1 Å². The largest absolute Gasteiger partial charge is 0.378 e. The van der Waals surface area contributed by atoms with Gasteiger partial charge in [0.05, 0.1) is 18.3 Å². The van der Waals surface area contributed by atoms with Crippen molar-refractivity contribution in [2.24, 2.45) is 0 Å². The molecule has 1 saturated heterocycles. The van der Waals surface area contributed by atoms with E-state index in [2.05, 4.69) is 39.2 Å². The summed E-state index contributed by atoms with van der Waals surface area (Å²) in [7, 11) is 1.83. The number of benzene rings is 1. The monoisotopic (exact) mass is 366 g/mol. The van der Waals surface area contributed by atoms with E-state index in [1.165, 1.54) is 17.3 Å². The fraction of sp³-hybridized carbons (Fsp3) is 0.429. The number of ether oxygens (including phenoxy) is 1. The predicted molar refractivity (Wildman–Crippen MR) is 105 cm³/mol. The zero-order valence-electron chi connectivity index (χ0n) is 15.7. The van der Waals surface area contributed by atoms with Crippen LogP contribution in [0.4, 0.5) is 0 Å². The molecule has 0 aliphatic carbocycles. The fourth-order valence-corrected chi connectivity index (χ4v) is 3.68. The van der Waals surface area contributed by atoms with Crippen molar-refractivity contribution in [2.75, 3.05) is 20.2 Å². The second kappa shape index (κ2) is 7.96. The molecule has 0 bridgehead atoms. The van der Waals surface area contributed by atoms with Crippen molar-refractivity contribution >= 4 is 16.8 Å². The number of para-hydroxylation sites is 1. The van der Waals surface area contributed by atoms with E-state index >= 15 is 0 Å². The third kappa shape index (κ3) is 4.06. The van der Waals surface area contributed by atoms with Gasteiger partial charge >= 0.3 is 0 Å². The van der Waals surface area contributed by atoms with Gasteiger partial charge in [-0.2, -0.15) is 5.10 Å². The summed E-state index contributed by atoms with van der Waals surface area (Å²) in [5, 5.41) is 8.45. The highest BCUT2D eigenvalue weighted by molar-refractivity contribution is 5.92. The second-order valence-corrected chi connectivity index (χ2v) is 7.28. The number of fused-ring (bicyclic) bond motifs is 1. The molecule has 3 aromatic rings. The molecule has 1 aromatic carbocycles. The van der Waals surface area contributed by atoms with Crippen LogP contribution in [-0.2, 0) is 11.3 Å². The molecule has 1 aliphatic heterocycles. The van der Waals surface area contributed by atoms with E-state index in [1.807, 2.05) is 25.2 Å². The second-order valence-electron chi connectivity index (χ2n) is 7.28. The molecular formula is C21H26N4O2. The lowest BCUT2D eigenvalue weighted by Crippen LogP contribution is -2.31. The molecule has 0 unspecified atom stereocenters. The molecule has 0 spiro atoms. The number of nitrogens with one attached hydrogen (secondary N) is 1. The molecule has 6 heteroatoms. The highest BCUT2D eigenvalue weighted by Gasteiger charge is 2.19. The van der Waals surface area contributed by atoms with Crippen LogP contribution >= 0.6 is 0 Å². The quantitative estimate of drug-likeness (QED) is 0.727. The molecule has 4 rings (SSSR count). The number of carbonyl (C=O) groups is 1. The number of H-pyrrole nitrogens is 1. The van der Waals surface area contributed by atoms with E-state index in [1.54, 1.807) is 4.90 Å². The van der Waals surface area contributed by atoms with Gasteiger partial charge in [-0.1, -0.05) is 18.2 Å². The Hall–Kier alpha value is -2.60. The molecule has 1 fully saturated rings. The lowest BCUT2D eigenvalue weighted by atomic mass is 10.1. The Labute approximate surface area is 159 Å². The Kier molecular flexibility index (Phi) is 5.25. The van der Waals surface area contributed by atoms with Crippen LogP contribution in [-0.4, -0.2) is 51.9 Å². The number of nitrogens with zero attached hydrogens (tertiary/aromatic N) is 3. The van der Waals surface area contributed by atoms with Gasteiger partial charge in [-0.15, -0.1) is 0 Å². The molecule has 6 nitrogen and oxygen atoms in total. The molecule has 1 atom stereocenters. The van der Waals surface area contributed by atoms with Crippen LogP contribution in [0.5, 0.6) is 0 Å². The van der Waals surface area contributed by atoms with E-state index in [0.29, 0.717) is 18.8 Å². The summed E-state index contributed by atoms with van der Waals surface area (Å²) in [5.74, 6) is -0.0503. The molecule has 0 radical (unpaired) electrons. The lowest BCUT2D eigenvalue weighted by Gasteiger charge is -2.24. The van der Waals surface area contributed by atoms with E-state index in [-0.39, 0.29) is 12.0 Å². The smallest absolute Gasteiger partial charge is 0.274 e. The Morgan fingerprint density at radius 1 is 1.33 bits per heavy atom. The summed E-state index contributed by atoms with van der Waals surface area (Å²) in [4.78, 5) is 14.4. The van der Waals surface area contributed by atoms with Gasteiger partial charge < -0.3 is 14.2 Å². The Morgan fingerprint density at radius 2 is 2.22 bits per heavy atom. The summed E-state index contributed by atoms with van der Waals surface area (Å²) < 4.78 is 7.90. The summed E-state index contributed by atoms with van der Waals surface area (Å²) in [6.45, 7) is 2.19. The van der Waals surface area contributed by atoms with Gasteiger partial charge in [-0.25, -0.2) is 0 Å². The van der Waals surface area contributed by atoms with Crippen LogP contribution in [0.3, 0.4) is 0 Å². The normalized spacial score (nSPS) is 17.3. The van der Waals surface area contributed by atoms with Gasteiger partial charge in [-0.3, -0.25) is 9.89 Å². The molecule has 1 amide bonds. The lowest BCUT2D eigenvalue weighted by molar-refractivity contribution is 0.00705. The number of rotatable bonds is 6. The van der Waals surface area contributed by atoms with Crippen molar-refractivity contribution in [3.63, 3.8) is 0 Å². The number of carbonyl (C=O) groups excluding carboxylic acids is 1. The van der Waals surface area contributed by atoms with Gasteiger partial charge in [0.1, 0.15) is 5.69 Å². The number of aromatic amines is 1. The van der Waals surface area contributed by atoms with E-state index in [4.69, 9.17) is 4.74 Å². The maximum atomic E-state index is 12.6. The third-order valence-corrected chi connectivity index (χ3v) is 5.28. The Bertz CT molecular complexity index is 908. The number of aromatic nitrogens is 3. The fourth-order valence-electron chi connectivity index (χ4n) is 3.68. The average Bonchev–Trinajstić information content (AvgIpc) is 3.34. The van der Waals surface area contributed by atoms with Crippen LogP contribution in [0.1, 0.15) is 41.9 Å². The highest BCUT2D eigenvalue weighted by atomic mass is 16.5. The summed E-state index contributed by atoms with van der Waals surface area (Å²) in [6, 6.07) is 12.2. The molecular weight excluding hydrogens is 340 g/mol. The summed E-state index contributed by atoms with van der Waals surface area (Å²) in [6.07, 6.45) is 6.69. The van der Waals surface area contributed by atoms with Crippen molar-refractivity contribution in [3.05, 3.63) is 54.0 Å². The molecule has 3 heterocycles. The van der Waals surface area contributed by atoms with Crippen LogP contribution in [0.15, 0.2) is 42.6 Å². The van der Waals surface area contributed by atoms with E-state index in [9.17, 15) is 4.79 Å². The van der Waals surface area contributed by atoms with Crippen molar-refractivity contribution in [3.8, 4) is 0 Å². The molecule has 0 saturated carbocycles. The molecule has 1 N–H and O–H groups in total. The zero-order chi connectivity index (χ0) is 18.6. The summed E-state index contributed by atoms with van der Waals surface area (Å²) >= 11 is 0. The van der Waals surface area contributed by atoms with Gasteiger partial charge in [0.25, 0.3) is 5.91 Å². The highest BCUT2D eigenvalue weighted by Crippen LogP contribution is 2.18. The van der Waals surface area contributed by atoms with E-state index in [0.717, 1.165) is 31.6 Å². The SMILES string of the molecule is CN(CC[C@H]1CCCCO1)C(=O)c1cc(Cn2ccc3ccccc32)[nH]n1. The van der Waals surface area contributed by atoms with Crippen LogP contribution in [0.2, 0.25) is 0 Å². The van der Waals surface area contributed by atoms with Crippen molar-refractivity contribution in [1.29, 1.82) is 0 Å². The van der Waals surface area contributed by atoms with Gasteiger partial charge in [0.2, 0.25) is 0 Å². The standard InChI is InChI=1S/C21H26N4O2/c1-24(11-10-18-7-4-5-13-27-18)21(26)19-14-17(22-23-19)15-25-12-9-16-6-2-3-8-20(16)25/h2-3,6,8-9,12,14,18H,4-5,7,10-11,13,15H2,1H3,(H,22,23)/t18-/m1/s1. The first-order chi connectivity index (χ1) is 13.2. The predicted octanol–water partition coefficient (Wildman–Crippen LogP) is 3.44. The zero-order valence-corrected chi connectivity index (χ0v) is 15.7. The average molecular weight is 366 g/mol. The molecule has 2 aromatic heterocycles. The van der Waals surface area contributed by atoms with Gasteiger partial charge in [0.15, 0.2) is 0 Å². The van der Waals surface area contributed by atoms with Crippen LogP contribution < -0.4 is 0 Å². The Morgan fingerprint density at radius 3 is 3.07 bits per heavy atom. The minimum atomic E-state index is -0.0503. The molecule has 142 valence electrons. The number of amides is 1. The first-order valence-electron chi connectivity index (χ1n) is 9.66. The number of hydrogen-bond donors (Lipinski definition) is 1. The first-order valence-corrected chi connectivity index (χ1v) is 9.66. The third-order valence-electron chi connectivity index (χ3n) is 5.28. The van der Waals surface area contributed by atoms with Crippen LogP contribution in [0, 0.1) is 0 Å². The van der Waals surface area contributed by atoms with E-state index < -0.39 is 0 Å². The molecule has 1 aliphatic rings. The van der Waals surface area contributed by atoms with Crippen molar-refractivity contribution in [2.45, 2.75) is 38.3 Å². The maximum Gasteiger partial charge on any atom is 0.274 e. The Balaban J connectivity index is 1.37. The van der Waals surface area contributed by atoms with Crippen molar-refractivity contribution < 1.29 is 9.53 Å². The van der Waals surface area contributed by atoms with Crippen LogP contribution in [0.25, 0.3) is 10.9 Å². The minimum Gasteiger partial charge on any atom is -0.378 e. The molecule has 27 heavy (non-hydrogen) atoms. The maximum absolute atomic E-state index is 12.6. The first kappa shape index (κ1) is 17.8.